The maximum absolute atomic E-state index is 5.92. The molecule has 0 amide bonds. The molecule has 1 fully saturated rings. The van der Waals surface area contributed by atoms with Crippen molar-refractivity contribution in [2.75, 3.05) is 20.2 Å². The third kappa shape index (κ3) is 3.37. The van der Waals surface area contributed by atoms with Crippen LogP contribution in [0.4, 0.5) is 0 Å². The smallest absolute Gasteiger partial charge is 0.231 e. The Bertz CT molecular complexity index is 856. The second-order valence-corrected chi connectivity index (χ2v) is 6.86. The molecule has 1 aliphatic rings. The maximum Gasteiger partial charge on any atom is 0.231 e. The number of benzene rings is 1. The molecule has 3 heterocycles. The van der Waals surface area contributed by atoms with Gasteiger partial charge in [-0.05, 0) is 45.8 Å². The summed E-state index contributed by atoms with van der Waals surface area (Å²) >= 11 is 0. The molecule has 130 valence electrons. The van der Waals surface area contributed by atoms with Crippen LogP contribution in [0, 0.1) is 6.92 Å². The van der Waals surface area contributed by atoms with Gasteiger partial charge in [0.2, 0.25) is 5.88 Å². The van der Waals surface area contributed by atoms with Crippen molar-refractivity contribution in [3.63, 3.8) is 0 Å². The quantitative estimate of drug-likeness (QED) is 0.714. The first kappa shape index (κ1) is 16.1. The number of fused-ring (bicyclic) bond motifs is 1. The van der Waals surface area contributed by atoms with Gasteiger partial charge in [0.1, 0.15) is 0 Å². The topological polar surface area (TPSA) is 42.7 Å². The van der Waals surface area contributed by atoms with Gasteiger partial charge in [0.15, 0.2) is 5.65 Å². The fourth-order valence-corrected chi connectivity index (χ4v) is 3.50. The molecule has 0 N–H and O–H groups in total. The van der Waals surface area contributed by atoms with Crippen molar-refractivity contribution in [2.24, 2.45) is 0 Å². The molecular weight excluding hydrogens is 312 g/mol. The van der Waals surface area contributed by atoms with Crippen LogP contribution >= 0.6 is 0 Å². The largest absolute Gasteiger partial charge is 0.477 e. The highest BCUT2D eigenvalue weighted by Crippen LogP contribution is 2.22. The molecule has 0 spiro atoms. The van der Waals surface area contributed by atoms with Crippen molar-refractivity contribution in [1.82, 2.24) is 19.5 Å². The predicted molar refractivity (Wildman–Crippen MR) is 98.9 cm³/mol. The molecule has 1 unspecified atom stereocenters. The molecule has 0 aliphatic carbocycles. The van der Waals surface area contributed by atoms with Crippen LogP contribution in [0.25, 0.3) is 16.9 Å². The molecule has 3 aromatic rings. The van der Waals surface area contributed by atoms with Crippen LogP contribution in [-0.2, 0) is 0 Å². The molecule has 1 aromatic carbocycles. The summed E-state index contributed by atoms with van der Waals surface area (Å²) < 4.78 is 7.78. The van der Waals surface area contributed by atoms with Crippen LogP contribution in [0.5, 0.6) is 5.88 Å². The van der Waals surface area contributed by atoms with Crippen LogP contribution in [0.2, 0.25) is 0 Å². The third-order valence-corrected chi connectivity index (χ3v) is 5.06. The van der Waals surface area contributed by atoms with E-state index in [-0.39, 0.29) is 0 Å². The molecular formula is C20H24N4O. The van der Waals surface area contributed by atoms with Gasteiger partial charge in [0.05, 0.1) is 18.5 Å². The van der Waals surface area contributed by atoms with Crippen molar-refractivity contribution >= 4 is 5.65 Å². The Morgan fingerprint density at radius 3 is 2.76 bits per heavy atom. The fourth-order valence-electron chi connectivity index (χ4n) is 3.50. The lowest BCUT2D eigenvalue weighted by Crippen LogP contribution is -2.26. The van der Waals surface area contributed by atoms with Gasteiger partial charge in [-0.2, -0.15) is 0 Å². The SMILES string of the molecule is Cc1ccc(-c2cnc3ccc(OCCC4CCCN4C)nn23)cc1. The molecule has 0 saturated carbocycles. The highest BCUT2D eigenvalue weighted by molar-refractivity contribution is 5.63. The lowest BCUT2D eigenvalue weighted by Gasteiger charge is -2.19. The van der Waals surface area contributed by atoms with Gasteiger partial charge in [-0.3, -0.25) is 0 Å². The zero-order chi connectivity index (χ0) is 17.2. The molecule has 4 rings (SSSR count). The van der Waals surface area contributed by atoms with Crippen LogP contribution in [-0.4, -0.2) is 45.7 Å². The Balaban J connectivity index is 1.51. The van der Waals surface area contributed by atoms with Crippen LogP contribution < -0.4 is 4.74 Å². The summed E-state index contributed by atoms with van der Waals surface area (Å²) in [6, 6.07) is 12.9. The average Bonchev–Trinajstić information content (AvgIpc) is 3.22. The zero-order valence-electron chi connectivity index (χ0n) is 14.9. The second-order valence-electron chi connectivity index (χ2n) is 6.86. The molecule has 0 radical (unpaired) electrons. The first-order chi connectivity index (χ1) is 12.2. The van der Waals surface area contributed by atoms with E-state index in [0.29, 0.717) is 18.5 Å². The molecule has 1 saturated heterocycles. The molecule has 0 bridgehead atoms. The monoisotopic (exact) mass is 336 g/mol. The van der Waals surface area contributed by atoms with E-state index in [1.807, 2.05) is 22.8 Å². The Kier molecular flexibility index (Phi) is 4.40. The summed E-state index contributed by atoms with van der Waals surface area (Å²) in [5.41, 5.74) is 4.16. The predicted octanol–water partition coefficient (Wildman–Crippen LogP) is 3.57. The van der Waals surface area contributed by atoms with Gasteiger partial charge in [0, 0.05) is 17.7 Å². The summed E-state index contributed by atoms with van der Waals surface area (Å²) in [5, 5.41) is 4.64. The fraction of sp³-hybridized carbons (Fsp3) is 0.400. The van der Waals surface area contributed by atoms with E-state index < -0.39 is 0 Å². The molecule has 5 heteroatoms. The van der Waals surface area contributed by atoms with Gasteiger partial charge in [0.25, 0.3) is 0 Å². The van der Waals surface area contributed by atoms with Gasteiger partial charge in [-0.15, -0.1) is 5.10 Å². The highest BCUT2D eigenvalue weighted by atomic mass is 16.5. The van der Waals surface area contributed by atoms with E-state index in [1.54, 1.807) is 0 Å². The van der Waals surface area contributed by atoms with Gasteiger partial charge in [-0.1, -0.05) is 29.8 Å². The minimum Gasteiger partial charge on any atom is -0.477 e. The number of nitrogens with zero attached hydrogens (tertiary/aromatic N) is 4. The van der Waals surface area contributed by atoms with Crippen molar-refractivity contribution < 1.29 is 4.74 Å². The summed E-state index contributed by atoms with van der Waals surface area (Å²) in [6.07, 6.45) is 5.47. The van der Waals surface area contributed by atoms with Crippen LogP contribution in [0.3, 0.4) is 0 Å². The lowest BCUT2D eigenvalue weighted by molar-refractivity contribution is 0.227. The molecule has 1 aliphatic heterocycles. The van der Waals surface area contributed by atoms with E-state index >= 15 is 0 Å². The first-order valence-electron chi connectivity index (χ1n) is 8.95. The molecule has 25 heavy (non-hydrogen) atoms. The number of imidazole rings is 1. The second kappa shape index (κ2) is 6.84. The highest BCUT2D eigenvalue weighted by Gasteiger charge is 2.20. The van der Waals surface area contributed by atoms with E-state index in [2.05, 4.69) is 53.2 Å². The summed E-state index contributed by atoms with van der Waals surface area (Å²) in [7, 11) is 2.20. The molecule has 5 nitrogen and oxygen atoms in total. The third-order valence-electron chi connectivity index (χ3n) is 5.06. The summed E-state index contributed by atoms with van der Waals surface area (Å²) in [5.74, 6) is 0.652. The van der Waals surface area contributed by atoms with Crippen LogP contribution in [0.15, 0.2) is 42.6 Å². The Morgan fingerprint density at radius 2 is 2.00 bits per heavy atom. The number of aromatic nitrogens is 3. The van der Waals surface area contributed by atoms with E-state index in [4.69, 9.17) is 4.74 Å². The number of rotatable bonds is 5. The standard InChI is InChI=1S/C20H24N4O/c1-15-5-7-16(8-6-15)18-14-21-19-9-10-20(22-24(18)19)25-13-11-17-4-3-12-23(17)2/h5-10,14,17H,3-4,11-13H2,1-2H3. The minimum atomic E-state index is 0.639. The van der Waals surface area contributed by atoms with E-state index in [0.717, 1.165) is 23.3 Å². The Hall–Kier alpha value is -2.40. The normalized spacial score (nSPS) is 18.1. The van der Waals surface area contributed by atoms with Gasteiger partial charge >= 0.3 is 0 Å². The Labute approximate surface area is 148 Å². The summed E-state index contributed by atoms with van der Waals surface area (Å²) in [4.78, 5) is 6.87. The van der Waals surface area contributed by atoms with Crippen molar-refractivity contribution in [3.8, 4) is 17.1 Å². The van der Waals surface area contributed by atoms with Crippen molar-refractivity contribution in [1.29, 1.82) is 0 Å². The van der Waals surface area contributed by atoms with Crippen molar-refractivity contribution in [2.45, 2.75) is 32.2 Å². The van der Waals surface area contributed by atoms with Gasteiger partial charge in [-0.25, -0.2) is 9.50 Å². The van der Waals surface area contributed by atoms with E-state index in [9.17, 15) is 0 Å². The zero-order valence-corrected chi connectivity index (χ0v) is 14.9. The Morgan fingerprint density at radius 1 is 1.16 bits per heavy atom. The number of hydrogen-bond donors (Lipinski definition) is 0. The van der Waals surface area contributed by atoms with Gasteiger partial charge < -0.3 is 9.64 Å². The van der Waals surface area contributed by atoms with Crippen LogP contribution in [0.1, 0.15) is 24.8 Å². The van der Waals surface area contributed by atoms with E-state index in [1.165, 1.54) is 24.9 Å². The summed E-state index contributed by atoms with van der Waals surface area (Å²) in [6.45, 7) is 3.98. The minimum absolute atomic E-state index is 0.639. The van der Waals surface area contributed by atoms with Crippen molar-refractivity contribution in [3.05, 3.63) is 48.2 Å². The number of ether oxygens (including phenoxy) is 1. The molecule has 2 aromatic heterocycles. The number of hydrogen-bond acceptors (Lipinski definition) is 4. The lowest BCUT2D eigenvalue weighted by atomic mass is 10.1. The number of aryl methyl sites for hydroxylation is 1. The maximum atomic E-state index is 5.92. The molecule has 1 atom stereocenters. The first-order valence-corrected chi connectivity index (χ1v) is 8.95. The number of likely N-dealkylation sites (tertiary alicyclic amines) is 1. The average molecular weight is 336 g/mol.